The normalized spacial score (nSPS) is 31.9. The van der Waals surface area contributed by atoms with Gasteiger partial charge in [0.2, 0.25) is 11.8 Å². The van der Waals surface area contributed by atoms with Gasteiger partial charge in [-0.05, 0) is 66.7 Å². The van der Waals surface area contributed by atoms with Crippen LogP contribution in [0.25, 0.3) is 0 Å². The van der Waals surface area contributed by atoms with Gasteiger partial charge in [0.15, 0.2) is 0 Å². The highest BCUT2D eigenvalue weighted by atomic mass is 16.5. The molecule has 168 valence electrons. The van der Waals surface area contributed by atoms with Gasteiger partial charge in [0.05, 0.1) is 11.8 Å². The van der Waals surface area contributed by atoms with E-state index < -0.39 is 12.0 Å². The molecule has 2 aromatic rings. The number of hydrogen-bond acceptors (Lipinski definition) is 4. The summed E-state index contributed by atoms with van der Waals surface area (Å²) in [6, 6.07) is 14.1. The van der Waals surface area contributed by atoms with Gasteiger partial charge in [-0.3, -0.25) is 14.5 Å². The summed E-state index contributed by atoms with van der Waals surface area (Å²) >= 11 is 0. The van der Waals surface area contributed by atoms with Crippen LogP contribution in [0, 0.1) is 49.4 Å². The fourth-order valence-corrected chi connectivity index (χ4v) is 6.42. The van der Waals surface area contributed by atoms with Crippen molar-refractivity contribution < 1.29 is 19.1 Å². The molecule has 1 saturated heterocycles. The molecule has 5 nitrogen and oxygen atoms in total. The fraction of sp³-hybridized carbons (Fsp3) is 0.393. The average Bonchev–Trinajstić information content (AvgIpc) is 3.60. The molecule has 2 amide bonds. The van der Waals surface area contributed by atoms with Gasteiger partial charge in [-0.25, -0.2) is 4.79 Å². The van der Waals surface area contributed by atoms with E-state index in [2.05, 4.69) is 12.2 Å². The monoisotopic (exact) mass is 441 g/mol. The summed E-state index contributed by atoms with van der Waals surface area (Å²) in [7, 11) is 0. The zero-order chi connectivity index (χ0) is 22.9. The van der Waals surface area contributed by atoms with Gasteiger partial charge in [0.25, 0.3) is 0 Å². The van der Waals surface area contributed by atoms with Crippen LogP contribution >= 0.6 is 0 Å². The maximum atomic E-state index is 13.7. The molecule has 1 heterocycles. The third-order valence-corrected chi connectivity index (χ3v) is 8.32. The van der Waals surface area contributed by atoms with E-state index in [0.29, 0.717) is 17.6 Å². The molecule has 3 fully saturated rings. The number of allylic oxidation sites excluding steroid dienone is 2. The summed E-state index contributed by atoms with van der Waals surface area (Å²) < 4.78 is 5.82. The SMILES string of the molecule is Cc1cccc(OC(=O)[C@H](Cc2ccccc2)N2C(=O)[C@@H]3[C@H]4C=C[C@@H]([C@@H]5C[C@@H]45)[C@@H]3C2=O)c1C. The topological polar surface area (TPSA) is 63.7 Å². The van der Waals surface area contributed by atoms with Crippen molar-refractivity contribution in [3.63, 3.8) is 0 Å². The van der Waals surface area contributed by atoms with Crippen LogP contribution in [0.15, 0.2) is 60.7 Å². The van der Waals surface area contributed by atoms with Crippen molar-refractivity contribution in [2.24, 2.45) is 35.5 Å². The van der Waals surface area contributed by atoms with Crippen LogP contribution in [0.5, 0.6) is 5.75 Å². The van der Waals surface area contributed by atoms with Crippen LogP contribution in [0.3, 0.4) is 0 Å². The van der Waals surface area contributed by atoms with Crippen molar-refractivity contribution in [1.82, 2.24) is 4.90 Å². The summed E-state index contributed by atoms with van der Waals surface area (Å²) in [5.41, 5.74) is 2.78. The van der Waals surface area contributed by atoms with Gasteiger partial charge in [-0.2, -0.15) is 0 Å². The molecule has 5 aliphatic rings. The largest absolute Gasteiger partial charge is 0.425 e. The van der Waals surface area contributed by atoms with Crippen LogP contribution in [0.4, 0.5) is 0 Å². The highest BCUT2D eigenvalue weighted by Crippen LogP contribution is 2.65. The number of aryl methyl sites for hydroxylation is 1. The highest BCUT2D eigenvalue weighted by molar-refractivity contribution is 6.09. The summed E-state index contributed by atoms with van der Waals surface area (Å²) in [5, 5.41) is 0. The zero-order valence-corrected chi connectivity index (χ0v) is 18.8. The molecule has 0 unspecified atom stereocenters. The van der Waals surface area contributed by atoms with Crippen LogP contribution in [0.2, 0.25) is 0 Å². The van der Waals surface area contributed by atoms with Crippen LogP contribution < -0.4 is 4.74 Å². The van der Waals surface area contributed by atoms with E-state index in [1.807, 2.05) is 56.3 Å². The van der Waals surface area contributed by atoms with E-state index in [0.717, 1.165) is 23.1 Å². The number of hydrogen-bond donors (Lipinski definition) is 0. The Balaban J connectivity index is 1.34. The predicted octanol–water partition coefficient (Wildman–Crippen LogP) is 3.87. The first-order chi connectivity index (χ1) is 16.0. The molecule has 5 heteroatoms. The lowest BCUT2D eigenvalue weighted by Crippen LogP contribution is -2.48. The van der Waals surface area contributed by atoms with Crippen LogP contribution in [-0.2, 0) is 20.8 Å². The molecule has 0 spiro atoms. The van der Waals surface area contributed by atoms with Crippen molar-refractivity contribution in [2.75, 3.05) is 0 Å². The molecule has 7 rings (SSSR count). The quantitative estimate of drug-likeness (QED) is 0.306. The first kappa shape index (κ1) is 20.4. The number of nitrogens with zero attached hydrogens (tertiary/aromatic N) is 1. The molecule has 7 atom stereocenters. The van der Waals surface area contributed by atoms with Crippen LogP contribution in [0.1, 0.15) is 23.1 Å². The maximum Gasteiger partial charge on any atom is 0.335 e. The molecular weight excluding hydrogens is 414 g/mol. The van der Waals surface area contributed by atoms with Crippen molar-refractivity contribution in [3.05, 3.63) is 77.4 Å². The lowest BCUT2D eigenvalue weighted by atomic mass is 9.63. The number of amides is 2. The molecule has 4 aliphatic carbocycles. The summed E-state index contributed by atoms with van der Waals surface area (Å²) in [4.78, 5) is 42.1. The number of imide groups is 1. The second-order valence-corrected chi connectivity index (χ2v) is 10.0. The molecule has 2 aromatic carbocycles. The smallest absolute Gasteiger partial charge is 0.335 e. The van der Waals surface area contributed by atoms with Crippen molar-refractivity contribution in [3.8, 4) is 5.75 Å². The van der Waals surface area contributed by atoms with E-state index in [9.17, 15) is 14.4 Å². The second-order valence-electron chi connectivity index (χ2n) is 10.0. The minimum Gasteiger partial charge on any atom is -0.425 e. The van der Waals surface area contributed by atoms with Crippen molar-refractivity contribution in [2.45, 2.75) is 32.7 Å². The maximum absolute atomic E-state index is 13.7. The number of benzene rings is 2. The Labute approximate surface area is 193 Å². The van der Waals surface area contributed by atoms with Crippen molar-refractivity contribution >= 4 is 17.8 Å². The van der Waals surface area contributed by atoms with Crippen LogP contribution in [-0.4, -0.2) is 28.7 Å². The Morgan fingerprint density at radius 3 is 2.21 bits per heavy atom. The van der Waals surface area contributed by atoms with Gasteiger partial charge >= 0.3 is 5.97 Å². The van der Waals surface area contributed by atoms with Gasteiger partial charge in [0.1, 0.15) is 11.8 Å². The Morgan fingerprint density at radius 1 is 0.939 bits per heavy atom. The minimum absolute atomic E-state index is 0.124. The Bertz CT molecular complexity index is 1150. The van der Waals surface area contributed by atoms with E-state index in [1.165, 1.54) is 4.90 Å². The fourth-order valence-electron chi connectivity index (χ4n) is 6.42. The summed E-state index contributed by atoms with van der Waals surface area (Å²) in [6.45, 7) is 3.86. The van der Waals surface area contributed by atoms with Gasteiger partial charge in [-0.1, -0.05) is 54.6 Å². The number of rotatable bonds is 5. The van der Waals surface area contributed by atoms with Gasteiger partial charge < -0.3 is 4.74 Å². The third-order valence-electron chi connectivity index (χ3n) is 8.32. The third kappa shape index (κ3) is 3.09. The highest BCUT2D eigenvalue weighted by Gasteiger charge is 2.68. The van der Waals surface area contributed by atoms with Gasteiger partial charge in [-0.15, -0.1) is 0 Å². The number of esters is 1. The number of likely N-dealkylation sites (tertiary alicyclic amines) is 1. The molecule has 33 heavy (non-hydrogen) atoms. The molecular formula is C28H27NO4. The Hall–Kier alpha value is -3.21. The number of ether oxygens (including phenoxy) is 1. The number of carbonyl (C=O) groups is 3. The summed E-state index contributed by atoms with van der Waals surface area (Å²) in [5.74, 6) is 0.140. The number of carbonyl (C=O) groups excluding carboxylic acids is 3. The lowest BCUT2D eigenvalue weighted by molar-refractivity contribution is -0.153. The second kappa shape index (κ2) is 7.41. The van der Waals surface area contributed by atoms with E-state index >= 15 is 0 Å². The minimum atomic E-state index is -0.978. The Kier molecular flexibility index (Phi) is 4.58. The van der Waals surface area contributed by atoms with E-state index in [1.54, 1.807) is 6.07 Å². The zero-order valence-electron chi connectivity index (χ0n) is 18.8. The first-order valence-corrected chi connectivity index (χ1v) is 11.8. The van der Waals surface area contributed by atoms with Crippen molar-refractivity contribution in [1.29, 1.82) is 0 Å². The average molecular weight is 442 g/mol. The van der Waals surface area contributed by atoms with E-state index in [4.69, 9.17) is 4.74 Å². The predicted molar refractivity (Wildman–Crippen MR) is 122 cm³/mol. The van der Waals surface area contributed by atoms with Gasteiger partial charge in [0, 0.05) is 6.42 Å². The Morgan fingerprint density at radius 2 is 1.58 bits per heavy atom. The molecule has 1 aliphatic heterocycles. The van der Waals surface area contributed by atoms with E-state index in [-0.39, 0.29) is 41.9 Å². The summed E-state index contributed by atoms with van der Waals surface area (Å²) in [6.07, 6.45) is 5.65. The molecule has 0 aromatic heterocycles. The lowest BCUT2D eigenvalue weighted by Gasteiger charge is -2.37. The molecule has 2 bridgehead atoms. The molecule has 0 radical (unpaired) electrons. The molecule has 2 saturated carbocycles. The molecule has 0 N–H and O–H groups in total. The first-order valence-electron chi connectivity index (χ1n) is 11.8. The standard InChI is InChI=1S/C28H27NO4/c1-15-7-6-10-23(16(15)2)33-28(32)22(13-17-8-4-3-5-9-17)29-26(30)24-18-11-12-19(21-14-20(18)21)25(24)27(29)31/h3-12,18-22,24-25H,13-14H2,1-2H3/t18-,19-,20-,21-,22-,24-,25+/m0/s1.